The number of aromatic nitrogens is 1. The van der Waals surface area contributed by atoms with Crippen molar-refractivity contribution in [2.24, 2.45) is 0 Å². The molecule has 1 heterocycles. The van der Waals surface area contributed by atoms with E-state index < -0.39 is 9.84 Å². The summed E-state index contributed by atoms with van der Waals surface area (Å²) in [6.45, 7) is 0.443. The molecule has 0 aromatic carbocycles. The van der Waals surface area contributed by atoms with Crippen LogP contribution in [-0.2, 0) is 9.84 Å². The summed E-state index contributed by atoms with van der Waals surface area (Å²) in [5.74, 6) is 0.0838. The summed E-state index contributed by atoms with van der Waals surface area (Å²) in [6.07, 6.45) is 1.48. The van der Waals surface area contributed by atoms with Gasteiger partial charge in [-0.1, -0.05) is 6.07 Å². The van der Waals surface area contributed by atoms with E-state index in [-0.39, 0.29) is 10.8 Å². The van der Waals surface area contributed by atoms with Crippen LogP contribution >= 0.6 is 0 Å². The van der Waals surface area contributed by atoms with Crippen molar-refractivity contribution in [2.45, 2.75) is 5.03 Å². The third-order valence-electron chi connectivity index (χ3n) is 1.58. The molecule has 72 valence electrons. The molecule has 0 aliphatic carbocycles. The Bertz CT molecular complexity index is 348. The zero-order chi connectivity index (χ0) is 9.73. The molecule has 1 aromatic heterocycles. The molecule has 0 radical (unpaired) electrons. The lowest BCUT2D eigenvalue weighted by Crippen LogP contribution is -2.19. The molecule has 0 bridgehead atoms. The fourth-order valence-corrected chi connectivity index (χ4v) is 2.06. The first-order valence-electron chi connectivity index (χ1n) is 3.95. The summed E-state index contributed by atoms with van der Waals surface area (Å²) in [6, 6.07) is 4.86. The van der Waals surface area contributed by atoms with Crippen LogP contribution in [0, 0.1) is 0 Å². The summed E-state index contributed by atoms with van der Waals surface area (Å²) in [5.41, 5.74) is 0. The van der Waals surface area contributed by atoms with Gasteiger partial charge in [0.2, 0.25) is 0 Å². The Labute approximate surface area is 77.9 Å². The van der Waals surface area contributed by atoms with Crippen LogP contribution in [0.4, 0.5) is 0 Å². The predicted molar refractivity (Wildman–Crippen MR) is 50.2 cm³/mol. The van der Waals surface area contributed by atoms with E-state index in [1.54, 1.807) is 19.2 Å². The number of hydrogen-bond acceptors (Lipinski definition) is 4. The molecule has 1 aromatic rings. The van der Waals surface area contributed by atoms with E-state index in [1.807, 2.05) is 0 Å². The van der Waals surface area contributed by atoms with Crippen molar-refractivity contribution < 1.29 is 8.42 Å². The van der Waals surface area contributed by atoms with E-state index >= 15 is 0 Å². The van der Waals surface area contributed by atoms with Crippen LogP contribution in [0.1, 0.15) is 0 Å². The highest BCUT2D eigenvalue weighted by Crippen LogP contribution is 2.05. The molecule has 1 rings (SSSR count). The fourth-order valence-electron chi connectivity index (χ4n) is 0.872. The van der Waals surface area contributed by atoms with Crippen molar-refractivity contribution in [1.82, 2.24) is 10.3 Å². The van der Waals surface area contributed by atoms with E-state index in [0.29, 0.717) is 6.54 Å². The zero-order valence-corrected chi connectivity index (χ0v) is 8.21. The Morgan fingerprint density at radius 1 is 1.46 bits per heavy atom. The highest BCUT2D eigenvalue weighted by molar-refractivity contribution is 7.91. The molecule has 0 saturated heterocycles. The number of rotatable bonds is 4. The first-order valence-corrected chi connectivity index (χ1v) is 5.60. The normalized spacial score (nSPS) is 11.5. The number of nitrogens with zero attached hydrogens (tertiary/aromatic N) is 1. The topological polar surface area (TPSA) is 59.1 Å². The second kappa shape index (κ2) is 4.34. The van der Waals surface area contributed by atoms with E-state index in [1.165, 1.54) is 12.3 Å². The van der Waals surface area contributed by atoms with Crippen molar-refractivity contribution in [3.05, 3.63) is 24.4 Å². The van der Waals surface area contributed by atoms with Crippen LogP contribution < -0.4 is 5.32 Å². The standard InChI is InChI=1S/C8H12N2O2S/c1-9-6-7-13(11,12)8-4-2-3-5-10-8/h2-5,9H,6-7H2,1H3. The minimum atomic E-state index is -3.20. The van der Waals surface area contributed by atoms with Gasteiger partial charge in [0.15, 0.2) is 14.9 Å². The Hall–Kier alpha value is -0.940. The summed E-state index contributed by atoms with van der Waals surface area (Å²) < 4.78 is 23.0. The molecule has 0 aliphatic rings. The maximum Gasteiger partial charge on any atom is 0.196 e. The molecular weight excluding hydrogens is 188 g/mol. The molecular formula is C8H12N2O2S. The predicted octanol–water partition coefficient (Wildman–Crippen LogP) is 0.0747. The van der Waals surface area contributed by atoms with Crippen LogP contribution in [0.15, 0.2) is 29.4 Å². The number of sulfone groups is 1. The van der Waals surface area contributed by atoms with Crippen molar-refractivity contribution in [3.8, 4) is 0 Å². The largest absolute Gasteiger partial charge is 0.319 e. The summed E-state index contributed by atoms with van der Waals surface area (Å²) in [7, 11) is -1.48. The smallest absolute Gasteiger partial charge is 0.196 e. The molecule has 1 N–H and O–H groups in total. The third-order valence-corrected chi connectivity index (χ3v) is 3.20. The van der Waals surface area contributed by atoms with Gasteiger partial charge in [0.25, 0.3) is 0 Å². The molecule has 0 unspecified atom stereocenters. The molecule has 0 aliphatic heterocycles. The maximum absolute atomic E-state index is 11.5. The highest BCUT2D eigenvalue weighted by Gasteiger charge is 2.13. The van der Waals surface area contributed by atoms with Crippen LogP contribution in [0.25, 0.3) is 0 Å². The molecule has 0 saturated carbocycles. The lowest BCUT2D eigenvalue weighted by molar-refractivity contribution is 0.590. The summed E-state index contributed by atoms with van der Waals surface area (Å²) >= 11 is 0. The summed E-state index contributed by atoms with van der Waals surface area (Å²) in [4.78, 5) is 3.79. The van der Waals surface area contributed by atoms with Crippen LogP contribution in [0.5, 0.6) is 0 Å². The van der Waals surface area contributed by atoms with E-state index in [9.17, 15) is 8.42 Å². The van der Waals surface area contributed by atoms with E-state index in [0.717, 1.165) is 0 Å². The van der Waals surface area contributed by atoms with Gasteiger partial charge in [-0.25, -0.2) is 13.4 Å². The van der Waals surface area contributed by atoms with Crippen molar-refractivity contribution in [1.29, 1.82) is 0 Å². The van der Waals surface area contributed by atoms with Gasteiger partial charge in [-0.15, -0.1) is 0 Å². The second-order valence-electron chi connectivity index (χ2n) is 2.59. The van der Waals surface area contributed by atoms with Crippen molar-refractivity contribution in [3.63, 3.8) is 0 Å². The van der Waals surface area contributed by atoms with Gasteiger partial charge in [-0.05, 0) is 19.2 Å². The third kappa shape index (κ3) is 2.78. The van der Waals surface area contributed by atoms with Crippen LogP contribution in [0.3, 0.4) is 0 Å². The quantitative estimate of drug-likeness (QED) is 0.747. The molecule has 0 spiro atoms. The number of nitrogens with one attached hydrogen (secondary N) is 1. The zero-order valence-electron chi connectivity index (χ0n) is 7.40. The minimum absolute atomic E-state index is 0.0838. The second-order valence-corrected chi connectivity index (χ2v) is 4.65. The SMILES string of the molecule is CNCCS(=O)(=O)c1ccccn1. The Kier molecular flexibility index (Phi) is 3.39. The lowest BCUT2D eigenvalue weighted by Gasteiger charge is -2.01. The average molecular weight is 200 g/mol. The average Bonchev–Trinajstić information content (AvgIpc) is 2.16. The number of hydrogen-bond donors (Lipinski definition) is 1. The number of pyridine rings is 1. The first kappa shape index (κ1) is 10.1. The fraction of sp³-hybridized carbons (Fsp3) is 0.375. The van der Waals surface area contributed by atoms with E-state index in [2.05, 4.69) is 10.3 Å². The van der Waals surface area contributed by atoms with Gasteiger partial charge in [0.05, 0.1) is 5.75 Å². The first-order chi connectivity index (χ1) is 6.17. The van der Waals surface area contributed by atoms with Crippen LogP contribution in [0.2, 0.25) is 0 Å². The molecule has 13 heavy (non-hydrogen) atoms. The Morgan fingerprint density at radius 2 is 2.23 bits per heavy atom. The highest BCUT2D eigenvalue weighted by atomic mass is 32.2. The molecule has 0 fully saturated rings. The molecule has 0 atom stereocenters. The molecule has 0 amide bonds. The van der Waals surface area contributed by atoms with Crippen LogP contribution in [-0.4, -0.2) is 32.7 Å². The van der Waals surface area contributed by atoms with Gasteiger partial charge in [-0.3, -0.25) is 0 Å². The molecule has 5 heteroatoms. The summed E-state index contributed by atoms with van der Waals surface area (Å²) in [5, 5.41) is 2.93. The van der Waals surface area contributed by atoms with Gasteiger partial charge in [-0.2, -0.15) is 0 Å². The van der Waals surface area contributed by atoms with Crippen molar-refractivity contribution in [2.75, 3.05) is 19.3 Å². The monoisotopic (exact) mass is 200 g/mol. The van der Waals surface area contributed by atoms with Gasteiger partial charge >= 0.3 is 0 Å². The Morgan fingerprint density at radius 3 is 2.77 bits per heavy atom. The molecule has 4 nitrogen and oxygen atoms in total. The van der Waals surface area contributed by atoms with Crippen molar-refractivity contribution >= 4 is 9.84 Å². The Balaban J connectivity index is 2.83. The van der Waals surface area contributed by atoms with Gasteiger partial charge in [0, 0.05) is 12.7 Å². The van der Waals surface area contributed by atoms with Gasteiger partial charge < -0.3 is 5.32 Å². The maximum atomic E-state index is 11.5. The lowest BCUT2D eigenvalue weighted by atomic mass is 10.5. The van der Waals surface area contributed by atoms with E-state index in [4.69, 9.17) is 0 Å². The van der Waals surface area contributed by atoms with Gasteiger partial charge in [0.1, 0.15) is 0 Å². The minimum Gasteiger partial charge on any atom is -0.319 e.